The highest BCUT2D eigenvalue weighted by atomic mass is 35.5. The van der Waals surface area contributed by atoms with Gasteiger partial charge in [-0.3, -0.25) is 0 Å². The van der Waals surface area contributed by atoms with Crippen LogP contribution in [-0.2, 0) is 6.61 Å². The highest BCUT2D eigenvalue weighted by molar-refractivity contribution is 6.30. The summed E-state index contributed by atoms with van der Waals surface area (Å²) in [5, 5.41) is 18.3. The molecule has 0 atom stereocenters. The third kappa shape index (κ3) is 2.68. The third-order valence-electron chi connectivity index (χ3n) is 3.31. The minimum atomic E-state index is -0.193. The van der Waals surface area contributed by atoms with E-state index in [0.717, 1.165) is 22.7 Å². The van der Waals surface area contributed by atoms with Crippen molar-refractivity contribution < 1.29 is 9.84 Å². The van der Waals surface area contributed by atoms with Gasteiger partial charge in [-0.05, 0) is 42.5 Å². The van der Waals surface area contributed by atoms with Crippen LogP contribution in [0.1, 0.15) is 5.69 Å². The van der Waals surface area contributed by atoms with E-state index in [1.54, 1.807) is 23.9 Å². The molecule has 0 saturated carbocycles. The standard InChI is InChI=1S/C16H14ClN3O2/c1-22-14-7-5-11(6-8-14)16-15(10-21)18-19-20(16)13-4-2-3-12(17)9-13/h2-9,21H,10H2,1H3. The zero-order chi connectivity index (χ0) is 15.5. The molecular formula is C16H14ClN3O2. The van der Waals surface area contributed by atoms with Crippen LogP contribution in [0, 0.1) is 0 Å². The quantitative estimate of drug-likeness (QED) is 0.803. The lowest BCUT2D eigenvalue weighted by Gasteiger charge is -2.09. The minimum absolute atomic E-state index is 0.193. The fourth-order valence-electron chi connectivity index (χ4n) is 2.25. The van der Waals surface area contributed by atoms with E-state index in [-0.39, 0.29) is 6.61 Å². The molecule has 1 heterocycles. The van der Waals surface area contributed by atoms with E-state index in [1.807, 2.05) is 36.4 Å². The van der Waals surface area contributed by atoms with Crippen LogP contribution in [0.5, 0.6) is 5.75 Å². The van der Waals surface area contributed by atoms with Gasteiger partial charge in [0.2, 0.25) is 0 Å². The maximum absolute atomic E-state index is 9.53. The van der Waals surface area contributed by atoms with Gasteiger partial charge in [-0.1, -0.05) is 22.9 Å². The van der Waals surface area contributed by atoms with E-state index in [4.69, 9.17) is 16.3 Å². The number of methoxy groups -OCH3 is 1. The lowest BCUT2D eigenvalue weighted by atomic mass is 10.1. The van der Waals surface area contributed by atoms with Crippen LogP contribution in [0.4, 0.5) is 0 Å². The SMILES string of the molecule is COc1ccc(-c2c(CO)nnn2-c2cccc(Cl)c2)cc1. The monoisotopic (exact) mass is 315 g/mol. The third-order valence-corrected chi connectivity index (χ3v) is 3.54. The van der Waals surface area contributed by atoms with Crippen molar-refractivity contribution >= 4 is 11.6 Å². The van der Waals surface area contributed by atoms with Crippen molar-refractivity contribution in [3.8, 4) is 22.7 Å². The van der Waals surface area contributed by atoms with E-state index >= 15 is 0 Å². The molecule has 0 fully saturated rings. The number of hydrogen-bond acceptors (Lipinski definition) is 4. The van der Waals surface area contributed by atoms with Gasteiger partial charge in [0.25, 0.3) is 0 Å². The average molecular weight is 316 g/mol. The van der Waals surface area contributed by atoms with E-state index in [2.05, 4.69) is 10.3 Å². The second-order valence-corrected chi connectivity index (χ2v) is 5.10. The number of nitrogens with zero attached hydrogens (tertiary/aromatic N) is 3. The van der Waals surface area contributed by atoms with Crippen molar-refractivity contribution in [1.82, 2.24) is 15.0 Å². The lowest BCUT2D eigenvalue weighted by Crippen LogP contribution is -2.00. The smallest absolute Gasteiger partial charge is 0.118 e. The Kier molecular flexibility index (Phi) is 4.09. The van der Waals surface area contributed by atoms with Gasteiger partial charge in [0.05, 0.1) is 19.4 Å². The Morgan fingerprint density at radius 3 is 2.59 bits per heavy atom. The molecule has 112 valence electrons. The summed E-state index contributed by atoms with van der Waals surface area (Å²) in [5.41, 5.74) is 2.90. The Morgan fingerprint density at radius 1 is 1.18 bits per heavy atom. The van der Waals surface area contributed by atoms with Crippen LogP contribution in [0.2, 0.25) is 5.02 Å². The van der Waals surface area contributed by atoms with E-state index in [0.29, 0.717) is 10.7 Å². The molecule has 2 aromatic carbocycles. The summed E-state index contributed by atoms with van der Waals surface area (Å²) in [4.78, 5) is 0. The Balaban J connectivity index is 2.14. The Hall–Kier alpha value is -2.37. The van der Waals surface area contributed by atoms with Crippen molar-refractivity contribution in [2.24, 2.45) is 0 Å². The first-order valence-electron chi connectivity index (χ1n) is 6.68. The molecule has 0 bridgehead atoms. The van der Waals surface area contributed by atoms with Gasteiger partial charge < -0.3 is 9.84 Å². The Labute approximate surface area is 132 Å². The highest BCUT2D eigenvalue weighted by Gasteiger charge is 2.16. The maximum atomic E-state index is 9.53. The largest absolute Gasteiger partial charge is 0.497 e. The first-order chi connectivity index (χ1) is 10.7. The molecule has 0 amide bonds. The summed E-state index contributed by atoms with van der Waals surface area (Å²) in [6.45, 7) is -0.193. The molecular weight excluding hydrogens is 302 g/mol. The maximum Gasteiger partial charge on any atom is 0.118 e. The van der Waals surface area contributed by atoms with E-state index in [1.165, 1.54) is 0 Å². The Morgan fingerprint density at radius 2 is 1.95 bits per heavy atom. The van der Waals surface area contributed by atoms with Crippen LogP contribution in [-0.4, -0.2) is 27.2 Å². The summed E-state index contributed by atoms with van der Waals surface area (Å²) >= 11 is 6.05. The normalized spacial score (nSPS) is 10.7. The molecule has 0 aliphatic rings. The molecule has 5 nitrogen and oxygen atoms in total. The molecule has 1 N–H and O–H groups in total. The summed E-state index contributed by atoms with van der Waals surface area (Å²) in [5.74, 6) is 0.760. The van der Waals surface area contributed by atoms with Crippen LogP contribution < -0.4 is 4.74 Å². The number of ether oxygens (including phenoxy) is 1. The van der Waals surface area contributed by atoms with Crippen molar-refractivity contribution in [1.29, 1.82) is 0 Å². The average Bonchev–Trinajstić information content (AvgIpc) is 2.99. The molecule has 0 saturated heterocycles. The molecule has 22 heavy (non-hydrogen) atoms. The van der Waals surface area contributed by atoms with Crippen molar-refractivity contribution in [3.05, 3.63) is 59.2 Å². The summed E-state index contributed by atoms with van der Waals surface area (Å²) in [6, 6.07) is 14.8. The first kappa shape index (κ1) is 14.6. The first-order valence-corrected chi connectivity index (χ1v) is 7.06. The highest BCUT2D eigenvalue weighted by Crippen LogP contribution is 2.27. The number of aliphatic hydroxyl groups excluding tert-OH is 1. The lowest BCUT2D eigenvalue weighted by molar-refractivity contribution is 0.277. The van der Waals surface area contributed by atoms with Crippen molar-refractivity contribution in [2.75, 3.05) is 7.11 Å². The molecule has 0 radical (unpaired) electrons. The van der Waals surface area contributed by atoms with Gasteiger partial charge in [0, 0.05) is 10.6 Å². The van der Waals surface area contributed by atoms with E-state index < -0.39 is 0 Å². The van der Waals surface area contributed by atoms with Crippen molar-refractivity contribution in [2.45, 2.75) is 6.61 Å². The summed E-state index contributed by atoms with van der Waals surface area (Å²) in [7, 11) is 1.62. The molecule has 1 aromatic heterocycles. The predicted molar refractivity (Wildman–Crippen MR) is 84.3 cm³/mol. The van der Waals surface area contributed by atoms with Crippen LogP contribution >= 0.6 is 11.6 Å². The second-order valence-electron chi connectivity index (χ2n) is 4.66. The molecule has 0 aliphatic carbocycles. The molecule has 0 aliphatic heterocycles. The summed E-state index contributed by atoms with van der Waals surface area (Å²) in [6.07, 6.45) is 0. The van der Waals surface area contributed by atoms with Gasteiger partial charge in [0.1, 0.15) is 17.1 Å². The van der Waals surface area contributed by atoms with Crippen LogP contribution in [0.3, 0.4) is 0 Å². The number of halogens is 1. The van der Waals surface area contributed by atoms with Crippen LogP contribution in [0.15, 0.2) is 48.5 Å². The number of benzene rings is 2. The van der Waals surface area contributed by atoms with Gasteiger partial charge in [-0.15, -0.1) is 5.10 Å². The second kappa shape index (κ2) is 6.17. The molecule has 6 heteroatoms. The van der Waals surface area contributed by atoms with Gasteiger partial charge >= 0.3 is 0 Å². The Bertz CT molecular complexity index is 784. The van der Waals surface area contributed by atoms with Crippen molar-refractivity contribution in [3.63, 3.8) is 0 Å². The zero-order valence-electron chi connectivity index (χ0n) is 11.9. The van der Waals surface area contributed by atoms with E-state index in [9.17, 15) is 5.11 Å². The summed E-state index contributed by atoms with van der Waals surface area (Å²) < 4.78 is 6.83. The van der Waals surface area contributed by atoms with Gasteiger partial charge in [-0.25, -0.2) is 4.68 Å². The molecule has 0 unspecified atom stereocenters. The fraction of sp³-hybridized carbons (Fsp3) is 0.125. The topological polar surface area (TPSA) is 60.2 Å². The minimum Gasteiger partial charge on any atom is -0.497 e. The van der Waals surface area contributed by atoms with Gasteiger partial charge in [0.15, 0.2) is 0 Å². The number of aromatic nitrogens is 3. The fourth-order valence-corrected chi connectivity index (χ4v) is 2.43. The number of rotatable bonds is 4. The van der Waals surface area contributed by atoms with Crippen LogP contribution in [0.25, 0.3) is 16.9 Å². The molecule has 3 aromatic rings. The predicted octanol–water partition coefficient (Wildman–Crippen LogP) is 3.09. The number of aliphatic hydroxyl groups is 1. The van der Waals surface area contributed by atoms with Gasteiger partial charge in [-0.2, -0.15) is 0 Å². The molecule has 3 rings (SSSR count). The molecule has 0 spiro atoms. The zero-order valence-corrected chi connectivity index (χ0v) is 12.7. The number of hydrogen-bond donors (Lipinski definition) is 1.